The molecule has 0 spiro atoms. The Labute approximate surface area is 124 Å². The number of hydrogen-bond acceptors (Lipinski definition) is 6. The predicted molar refractivity (Wildman–Crippen MR) is 78.4 cm³/mol. The smallest absolute Gasteiger partial charge is 0.410 e. The SMILES string of the molecule is COc1ncc(C2CCOCC2)c2sc(NC(=O)O)nc12. The molecule has 3 heterocycles. The Hall–Kier alpha value is -1.93. The first kappa shape index (κ1) is 14.0. The molecule has 21 heavy (non-hydrogen) atoms. The second-order valence-electron chi connectivity index (χ2n) is 4.74. The molecule has 0 radical (unpaired) electrons. The van der Waals surface area contributed by atoms with Crippen LogP contribution in [0.15, 0.2) is 6.20 Å². The van der Waals surface area contributed by atoms with Gasteiger partial charge in [-0.3, -0.25) is 5.32 Å². The lowest BCUT2D eigenvalue weighted by atomic mass is 9.93. The Morgan fingerprint density at radius 3 is 2.95 bits per heavy atom. The van der Waals surface area contributed by atoms with Gasteiger partial charge in [-0.15, -0.1) is 0 Å². The maximum Gasteiger partial charge on any atom is 0.410 e. The lowest BCUT2D eigenvalue weighted by molar-refractivity contribution is 0.0855. The Kier molecular flexibility index (Phi) is 3.89. The molecular formula is C13H15N3O4S. The van der Waals surface area contributed by atoms with Crippen LogP contribution >= 0.6 is 11.3 Å². The first-order valence-electron chi connectivity index (χ1n) is 6.60. The molecule has 0 saturated carbocycles. The standard InChI is InChI=1S/C13H15N3O4S/c1-19-11-9-10(21-12(15-9)16-13(17)18)8(6-14-11)7-2-4-20-5-3-7/h6-7H,2-5H2,1H3,(H,15,16)(H,17,18). The van der Waals surface area contributed by atoms with Crippen LogP contribution in [0.25, 0.3) is 10.2 Å². The number of rotatable bonds is 3. The number of thiazole rings is 1. The zero-order chi connectivity index (χ0) is 14.8. The minimum Gasteiger partial charge on any atom is -0.479 e. The molecule has 7 nitrogen and oxygen atoms in total. The lowest BCUT2D eigenvalue weighted by Gasteiger charge is -2.22. The summed E-state index contributed by atoms with van der Waals surface area (Å²) in [6.45, 7) is 1.47. The maximum atomic E-state index is 10.8. The number of amides is 1. The van der Waals surface area contributed by atoms with E-state index in [0.717, 1.165) is 36.3 Å². The number of aromatic nitrogens is 2. The third kappa shape index (κ3) is 2.77. The summed E-state index contributed by atoms with van der Waals surface area (Å²) in [6, 6.07) is 0. The fourth-order valence-corrected chi connectivity index (χ4v) is 3.54. The number of carbonyl (C=O) groups is 1. The molecule has 2 aromatic heterocycles. The molecule has 0 unspecified atom stereocenters. The molecule has 0 bridgehead atoms. The average Bonchev–Trinajstić information content (AvgIpc) is 2.89. The van der Waals surface area contributed by atoms with Gasteiger partial charge in [0.15, 0.2) is 5.13 Å². The van der Waals surface area contributed by atoms with Crippen molar-refractivity contribution in [2.75, 3.05) is 25.6 Å². The Bertz CT molecular complexity index is 667. The third-order valence-corrected chi connectivity index (χ3v) is 4.50. The van der Waals surface area contributed by atoms with Crippen LogP contribution in [0, 0.1) is 0 Å². The number of methoxy groups -OCH3 is 1. The van der Waals surface area contributed by atoms with Crippen molar-refractivity contribution in [3.05, 3.63) is 11.8 Å². The van der Waals surface area contributed by atoms with Crippen LogP contribution in [0.5, 0.6) is 5.88 Å². The van der Waals surface area contributed by atoms with Crippen molar-refractivity contribution < 1.29 is 19.4 Å². The molecule has 2 N–H and O–H groups in total. The Morgan fingerprint density at radius 1 is 1.52 bits per heavy atom. The van der Waals surface area contributed by atoms with E-state index in [1.165, 1.54) is 18.4 Å². The first-order valence-corrected chi connectivity index (χ1v) is 7.42. The van der Waals surface area contributed by atoms with E-state index in [0.29, 0.717) is 22.4 Å². The molecule has 0 aromatic carbocycles. The molecule has 2 aromatic rings. The second-order valence-corrected chi connectivity index (χ2v) is 5.74. The molecule has 1 saturated heterocycles. The highest BCUT2D eigenvalue weighted by molar-refractivity contribution is 7.22. The van der Waals surface area contributed by atoms with E-state index in [9.17, 15) is 4.79 Å². The minimum atomic E-state index is -1.13. The quantitative estimate of drug-likeness (QED) is 0.905. The number of fused-ring (bicyclic) bond motifs is 1. The van der Waals surface area contributed by atoms with E-state index in [2.05, 4.69) is 15.3 Å². The van der Waals surface area contributed by atoms with Gasteiger partial charge in [-0.2, -0.15) is 0 Å². The number of anilines is 1. The number of hydrogen-bond donors (Lipinski definition) is 2. The van der Waals surface area contributed by atoms with E-state index in [4.69, 9.17) is 14.6 Å². The zero-order valence-electron chi connectivity index (χ0n) is 11.5. The van der Waals surface area contributed by atoms with Gasteiger partial charge in [0.25, 0.3) is 0 Å². The highest BCUT2D eigenvalue weighted by Crippen LogP contribution is 2.39. The maximum absolute atomic E-state index is 10.8. The molecule has 1 amide bonds. The van der Waals surface area contributed by atoms with Gasteiger partial charge in [-0.25, -0.2) is 14.8 Å². The lowest BCUT2D eigenvalue weighted by Crippen LogP contribution is -2.14. The topological polar surface area (TPSA) is 93.6 Å². The van der Waals surface area contributed by atoms with Crippen molar-refractivity contribution in [2.24, 2.45) is 0 Å². The molecule has 1 aliphatic rings. The van der Waals surface area contributed by atoms with Crippen LogP contribution in [0.2, 0.25) is 0 Å². The van der Waals surface area contributed by atoms with Crippen LogP contribution in [0.3, 0.4) is 0 Å². The molecular weight excluding hydrogens is 294 g/mol. The molecule has 8 heteroatoms. The summed E-state index contributed by atoms with van der Waals surface area (Å²) in [5, 5.41) is 11.5. The average molecular weight is 309 g/mol. The molecule has 0 atom stereocenters. The van der Waals surface area contributed by atoms with Crippen molar-refractivity contribution >= 4 is 32.8 Å². The molecule has 1 aliphatic heterocycles. The van der Waals surface area contributed by atoms with Gasteiger partial charge >= 0.3 is 6.09 Å². The summed E-state index contributed by atoms with van der Waals surface area (Å²) in [4.78, 5) is 19.4. The summed E-state index contributed by atoms with van der Waals surface area (Å²) in [5.74, 6) is 0.772. The predicted octanol–water partition coefficient (Wildman–Crippen LogP) is 2.68. The largest absolute Gasteiger partial charge is 0.479 e. The normalized spacial score (nSPS) is 16.0. The van der Waals surface area contributed by atoms with Gasteiger partial charge in [-0.1, -0.05) is 11.3 Å². The van der Waals surface area contributed by atoms with Gasteiger partial charge in [-0.05, 0) is 24.3 Å². The van der Waals surface area contributed by atoms with E-state index in [1.807, 2.05) is 0 Å². The molecule has 112 valence electrons. The molecule has 0 aliphatic carbocycles. The third-order valence-electron chi connectivity index (χ3n) is 3.48. The number of nitrogens with zero attached hydrogens (tertiary/aromatic N) is 2. The van der Waals surface area contributed by atoms with Crippen molar-refractivity contribution in [1.29, 1.82) is 0 Å². The first-order chi connectivity index (χ1) is 10.2. The van der Waals surface area contributed by atoms with Gasteiger partial charge in [0.2, 0.25) is 5.88 Å². The highest BCUT2D eigenvalue weighted by Gasteiger charge is 2.23. The second kappa shape index (κ2) is 5.82. The Morgan fingerprint density at radius 2 is 2.29 bits per heavy atom. The molecule has 1 fully saturated rings. The summed E-state index contributed by atoms with van der Waals surface area (Å²) in [5.41, 5.74) is 1.69. The number of ether oxygens (including phenoxy) is 2. The molecule has 3 rings (SSSR count). The summed E-state index contributed by atoms with van der Waals surface area (Å²) in [6.07, 6.45) is 2.54. The van der Waals surface area contributed by atoms with Crippen LogP contribution in [-0.2, 0) is 4.74 Å². The zero-order valence-corrected chi connectivity index (χ0v) is 12.3. The van der Waals surface area contributed by atoms with Gasteiger partial charge in [0.05, 0.1) is 11.8 Å². The fourth-order valence-electron chi connectivity index (χ4n) is 2.50. The van der Waals surface area contributed by atoms with Crippen molar-refractivity contribution in [2.45, 2.75) is 18.8 Å². The van der Waals surface area contributed by atoms with E-state index < -0.39 is 6.09 Å². The number of pyridine rings is 1. The monoisotopic (exact) mass is 309 g/mol. The summed E-state index contributed by atoms with van der Waals surface area (Å²) >= 11 is 1.31. The number of nitrogens with one attached hydrogen (secondary N) is 1. The van der Waals surface area contributed by atoms with Crippen LogP contribution in [0.1, 0.15) is 24.3 Å². The van der Waals surface area contributed by atoms with E-state index in [1.54, 1.807) is 6.20 Å². The van der Waals surface area contributed by atoms with Crippen LogP contribution < -0.4 is 10.1 Å². The van der Waals surface area contributed by atoms with Gasteiger partial charge in [0.1, 0.15) is 5.52 Å². The van der Waals surface area contributed by atoms with Gasteiger partial charge < -0.3 is 14.6 Å². The summed E-state index contributed by atoms with van der Waals surface area (Å²) in [7, 11) is 1.53. The fraction of sp³-hybridized carbons (Fsp3) is 0.462. The number of carboxylic acid groups (broad SMARTS) is 1. The van der Waals surface area contributed by atoms with Crippen LogP contribution in [-0.4, -0.2) is 41.5 Å². The van der Waals surface area contributed by atoms with Crippen molar-refractivity contribution in [3.63, 3.8) is 0 Å². The van der Waals surface area contributed by atoms with Gasteiger partial charge in [0, 0.05) is 19.4 Å². The van der Waals surface area contributed by atoms with Crippen LogP contribution in [0.4, 0.5) is 9.93 Å². The Balaban J connectivity index is 2.07. The highest BCUT2D eigenvalue weighted by atomic mass is 32.1. The van der Waals surface area contributed by atoms with E-state index in [-0.39, 0.29) is 0 Å². The van der Waals surface area contributed by atoms with Crippen molar-refractivity contribution in [3.8, 4) is 5.88 Å². The van der Waals surface area contributed by atoms with Crippen molar-refractivity contribution in [1.82, 2.24) is 9.97 Å². The summed E-state index contributed by atoms with van der Waals surface area (Å²) < 4.78 is 11.5. The minimum absolute atomic E-state index is 0.331. The van der Waals surface area contributed by atoms with E-state index >= 15 is 0 Å².